The van der Waals surface area contributed by atoms with Gasteiger partial charge in [0.05, 0.1) is 12.6 Å². The zero-order valence-electron chi connectivity index (χ0n) is 13.0. The molecular weight excluding hydrogens is 264 g/mol. The van der Waals surface area contributed by atoms with Crippen molar-refractivity contribution in [3.8, 4) is 0 Å². The molecular formula is C17H26N2O2. The number of carbonyl (C=O) groups is 1. The number of amides is 1. The van der Waals surface area contributed by atoms with Gasteiger partial charge in [-0.1, -0.05) is 30.3 Å². The molecule has 0 aromatic heterocycles. The Labute approximate surface area is 127 Å². The largest absolute Gasteiger partial charge is 0.393 e. The number of nitrogens with zero attached hydrogens (tertiary/aromatic N) is 2. The molecule has 0 saturated carbocycles. The number of likely N-dealkylation sites (tertiary alicyclic amines) is 1. The van der Waals surface area contributed by atoms with Gasteiger partial charge < -0.3 is 10.0 Å². The van der Waals surface area contributed by atoms with E-state index in [-0.39, 0.29) is 12.0 Å². The molecule has 1 aromatic carbocycles. The monoisotopic (exact) mass is 290 g/mol. The van der Waals surface area contributed by atoms with Gasteiger partial charge in [-0.05, 0) is 37.8 Å². The average Bonchev–Trinajstić information content (AvgIpc) is 2.48. The number of aliphatic hydroxyl groups is 1. The van der Waals surface area contributed by atoms with Gasteiger partial charge in [-0.15, -0.1) is 0 Å². The Bertz CT molecular complexity index is 447. The van der Waals surface area contributed by atoms with Crippen LogP contribution in [-0.2, 0) is 11.3 Å². The highest BCUT2D eigenvalue weighted by Crippen LogP contribution is 2.19. The lowest BCUT2D eigenvalue weighted by Crippen LogP contribution is -2.44. The molecule has 1 aromatic rings. The molecule has 2 atom stereocenters. The standard InChI is InChI=1S/C17H26N2O2/c1-14(20)16-9-6-10-19(12-16)13-17(21)18(2)11-15-7-4-3-5-8-15/h3-5,7-8,14,16,20H,6,9-13H2,1-2H3. The van der Waals surface area contributed by atoms with Crippen LogP contribution >= 0.6 is 0 Å². The molecule has 21 heavy (non-hydrogen) atoms. The number of aliphatic hydroxyl groups excluding tert-OH is 1. The lowest BCUT2D eigenvalue weighted by atomic mass is 9.93. The van der Waals surface area contributed by atoms with Crippen LogP contribution in [-0.4, -0.2) is 53.6 Å². The van der Waals surface area contributed by atoms with E-state index in [2.05, 4.69) is 4.90 Å². The van der Waals surface area contributed by atoms with Crippen LogP contribution in [0.2, 0.25) is 0 Å². The fraction of sp³-hybridized carbons (Fsp3) is 0.588. The minimum Gasteiger partial charge on any atom is -0.393 e. The van der Waals surface area contributed by atoms with Crippen molar-refractivity contribution >= 4 is 5.91 Å². The molecule has 2 unspecified atom stereocenters. The Hall–Kier alpha value is -1.39. The first kappa shape index (κ1) is 16.0. The first-order valence-corrected chi connectivity index (χ1v) is 7.74. The van der Waals surface area contributed by atoms with Crippen LogP contribution in [0.3, 0.4) is 0 Å². The number of benzene rings is 1. The Morgan fingerprint density at radius 1 is 1.43 bits per heavy atom. The average molecular weight is 290 g/mol. The van der Waals surface area contributed by atoms with E-state index in [1.807, 2.05) is 44.3 Å². The summed E-state index contributed by atoms with van der Waals surface area (Å²) in [6.07, 6.45) is 1.83. The molecule has 4 nitrogen and oxygen atoms in total. The third-order valence-electron chi connectivity index (χ3n) is 4.27. The number of hydrogen-bond acceptors (Lipinski definition) is 3. The SMILES string of the molecule is CC(O)C1CCCN(CC(=O)N(C)Cc2ccccc2)C1. The summed E-state index contributed by atoms with van der Waals surface area (Å²) >= 11 is 0. The molecule has 1 saturated heterocycles. The van der Waals surface area contributed by atoms with Crippen molar-refractivity contribution in [2.75, 3.05) is 26.7 Å². The van der Waals surface area contributed by atoms with E-state index in [0.29, 0.717) is 19.0 Å². The molecule has 1 amide bonds. The van der Waals surface area contributed by atoms with Gasteiger partial charge in [-0.2, -0.15) is 0 Å². The lowest BCUT2D eigenvalue weighted by molar-refractivity contribution is -0.132. The Morgan fingerprint density at radius 3 is 2.81 bits per heavy atom. The summed E-state index contributed by atoms with van der Waals surface area (Å²) in [5.41, 5.74) is 1.15. The van der Waals surface area contributed by atoms with Crippen LogP contribution in [0.1, 0.15) is 25.3 Å². The van der Waals surface area contributed by atoms with Crippen molar-refractivity contribution in [1.29, 1.82) is 0 Å². The fourth-order valence-corrected chi connectivity index (χ4v) is 2.89. The maximum Gasteiger partial charge on any atom is 0.236 e. The summed E-state index contributed by atoms with van der Waals surface area (Å²) in [6, 6.07) is 10.0. The number of carbonyl (C=O) groups excluding carboxylic acids is 1. The van der Waals surface area contributed by atoms with Gasteiger partial charge in [0.2, 0.25) is 5.91 Å². The molecule has 1 heterocycles. The van der Waals surface area contributed by atoms with Gasteiger partial charge in [-0.3, -0.25) is 9.69 Å². The van der Waals surface area contributed by atoms with Crippen molar-refractivity contribution in [3.05, 3.63) is 35.9 Å². The Kier molecular flexibility index (Phi) is 5.76. The van der Waals surface area contributed by atoms with Crippen molar-refractivity contribution in [3.63, 3.8) is 0 Å². The highest BCUT2D eigenvalue weighted by Gasteiger charge is 2.25. The minimum absolute atomic E-state index is 0.144. The van der Waals surface area contributed by atoms with Gasteiger partial charge in [0, 0.05) is 20.1 Å². The second-order valence-corrected chi connectivity index (χ2v) is 6.11. The van der Waals surface area contributed by atoms with Crippen LogP contribution in [0.5, 0.6) is 0 Å². The van der Waals surface area contributed by atoms with Crippen LogP contribution in [0, 0.1) is 5.92 Å². The van der Waals surface area contributed by atoms with E-state index in [9.17, 15) is 9.90 Å². The molecule has 2 rings (SSSR count). The smallest absolute Gasteiger partial charge is 0.236 e. The highest BCUT2D eigenvalue weighted by atomic mass is 16.3. The topological polar surface area (TPSA) is 43.8 Å². The molecule has 1 aliphatic heterocycles. The summed E-state index contributed by atoms with van der Waals surface area (Å²) in [6.45, 7) is 4.72. The maximum absolute atomic E-state index is 12.3. The molecule has 0 spiro atoms. The lowest BCUT2D eigenvalue weighted by Gasteiger charge is -2.34. The number of likely N-dealkylation sites (N-methyl/N-ethyl adjacent to an activating group) is 1. The third-order valence-corrected chi connectivity index (χ3v) is 4.27. The van der Waals surface area contributed by atoms with Crippen molar-refractivity contribution < 1.29 is 9.90 Å². The number of rotatable bonds is 5. The second kappa shape index (κ2) is 7.57. The maximum atomic E-state index is 12.3. The zero-order valence-corrected chi connectivity index (χ0v) is 13.0. The van der Waals surface area contributed by atoms with E-state index in [1.54, 1.807) is 4.90 Å². The molecule has 1 aliphatic rings. The predicted molar refractivity (Wildman–Crippen MR) is 83.8 cm³/mol. The van der Waals surface area contributed by atoms with E-state index in [0.717, 1.165) is 31.5 Å². The number of hydrogen-bond donors (Lipinski definition) is 1. The van der Waals surface area contributed by atoms with E-state index in [1.165, 1.54) is 0 Å². The van der Waals surface area contributed by atoms with Gasteiger partial charge in [-0.25, -0.2) is 0 Å². The first-order valence-electron chi connectivity index (χ1n) is 7.74. The summed E-state index contributed by atoms with van der Waals surface area (Å²) in [4.78, 5) is 16.3. The van der Waals surface area contributed by atoms with Crippen molar-refractivity contribution in [1.82, 2.24) is 9.80 Å². The summed E-state index contributed by atoms with van der Waals surface area (Å²) < 4.78 is 0. The first-order chi connectivity index (χ1) is 10.1. The van der Waals surface area contributed by atoms with E-state index in [4.69, 9.17) is 0 Å². The fourth-order valence-electron chi connectivity index (χ4n) is 2.89. The quantitative estimate of drug-likeness (QED) is 0.898. The van der Waals surface area contributed by atoms with Gasteiger partial charge >= 0.3 is 0 Å². The minimum atomic E-state index is -0.287. The van der Waals surface area contributed by atoms with Crippen LogP contribution in [0.15, 0.2) is 30.3 Å². The molecule has 116 valence electrons. The normalized spacial score (nSPS) is 21.0. The van der Waals surface area contributed by atoms with Crippen LogP contribution < -0.4 is 0 Å². The molecule has 1 fully saturated rings. The highest BCUT2D eigenvalue weighted by molar-refractivity contribution is 5.78. The van der Waals surface area contributed by atoms with Crippen LogP contribution in [0.4, 0.5) is 0 Å². The van der Waals surface area contributed by atoms with Gasteiger partial charge in [0.1, 0.15) is 0 Å². The Balaban J connectivity index is 1.83. The van der Waals surface area contributed by atoms with E-state index >= 15 is 0 Å². The number of piperidine rings is 1. The molecule has 0 aliphatic carbocycles. The molecule has 0 radical (unpaired) electrons. The van der Waals surface area contributed by atoms with Gasteiger partial charge in [0.25, 0.3) is 0 Å². The van der Waals surface area contributed by atoms with Gasteiger partial charge in [0.15, 0.2) is 0 Å². The third kappa shape index (κ3) is 4.83. The van der Waals surface area contributed by atoms with Crippen molar-refractivity contribution in [2.45, 2.75) is 32.4 Å². The Morgan fingerprint density at radius 2 is 2.14 bits per heavy atom. The molecule has 0 bridgehead atoms. The summed E-state index contributed by atoms with van der Waals surface area (Å²) in [7, 11) is 1.85. The second-order valence-electron chi connectivity index (χ2n) is 6.11. The summed E-state index contributed by atoms with van der Waals surface area (Å²) in [5.74, 6) is 0.441. The van der Waals surface area contributed by atoms with Crippen LogP contribution in [0.25, 0.3) is 0 Å². The predicted octanol–water partition coefficient (Wildman–Crippen LogP) is 1.74. The van der Waals surface area contributed by atoms with Crippen molar-refractivity contribution in [2.24, 2.45) is 5.92 Å². The molecule has 1 N–H and O–H groups in total. The van der Waals surface area contributed by atoms with E-state index < -0.39 is 0 Å². The molecule has 4 heteroatoms. The summed E-state index contributed by atoms with van der Waals surface area (Å²) in [5, 5.41) is 9.71. The zero-order chi connectivity index (χ0) is 15.2.